The number of imide groups is 2. The normalized spacial score (nSPS) is 13.1. The maximum Gasteiger partial charge on any atom is 0.331 e. The van der Waals surface area contributed by atoms with Gasteiger partial charge in [-0.15, -0.1) is 11.8 Å². The quantitative estimate of drug-likeness (QED) is 0.281. The first-order valence-corrected chi connectivity index (χ1v) is 11.7. The van der Waals surface area contributed by atoms with Gasteiger partial charge in [-0.1, -0.05) is 18.2 Å². The van der Waals surface area contributed by atoms with Crippen LogP contribution in [0.2, 0.25) is 0 Å². The zero-order valence-corrected chi connectivity index (χ0v) is 19.4. The van der Waals surface area contributed by atoms with Gasteiger partial charge in [-0.25, -0.2) is 9.18 Å². The molecule has 1 fully saturated rings. The van der Waals surface area contributed by atoms with Gasteiger partial charge in [0.15, 0.2) is 0 Å². The number of nitrogens with one attached hydrogen (secondary N) is 2. The van der Waals surface area contributed by atoms with E-state index >= 15 is 0 Å². The van der Waals surface area contributed by atoms with Crippen molar-refractivity contribution in [2.75, 3.05) is 6.26 Å². The number of urea groups is 1. The lowest BCUT2D eigenvalue weighted by Gasteiger charge is -2.14. The van der Waals surface area contributed by atoms with Crippen LogP contribution in [0.3, 0.4) is 0 Å². The van der Waals surface area contributed by atoms with Crippen molar-refractivity contribution in [2.45, 2.75) is 18.0 Å². The summed E-state index contributed by atoms with van der Waals surface area (Å²) >= 11 is 1.39. The summed E-state index contributed by atoms with van der Waals surface area (Å²) in [6.45, 7) is 0.135. The third-order valence-corrected chi connectivity index (χ3v) is 5.98. The highest BCUT2D eigenvalue weighted by molar-refractivity contribution is 7.98. The van der Waals surface area contributed by atoms with Gasteiger partial charge in [0, 0.05) is 11.4 Å². The van der Waals surface area contributed by atoms with Crippen molar-refractivity contribution < 1.29 is 28.3 Å². The van der Waals surface area contributed by atoms with Gasteiger partial charge < -0.3 is 10.1 Å². The third kappa shape index (κ3) is 5.67. The summed E-state index contributed by atoms with van der Waals surface area (Å²) in [4.78, 5) is 49.5. The van der Waals surface area contributed by atoms with E-state index in [1.165, 1.54) is 36.0 Å². The van der Waals surface area contributed by atoms with E-state index in [1.54, 1.807) is 42.5 Å². The van der Waals surface area contributed by atoms with Gasteiger partial charge in [0.1, 0.15) is 17.3 Å². The minimum atomic E-state index is -0.970. The summed E-state index contributed by atoms with van der Waals surface area (Å²) < 4.78 is 18.7. The second-order valence-corrected chi connectivity index (χ2v) is 8.42. The molecule has 0 aliphatic carbocycles. The fourth-order valence-electron chi connectivity index (χ4n) is 3.38. The summed E-state index contributed by atoms with van der Waals surface area (Å²) in [6, 6.07) is 17.0. The van der Waals surface area contributed by atoms with E-state index in [9.17, 15) is 23.6 Å². The van der Waals surface area contributed by atoms with Crippen LogP contribution in [0.1, 0.15) is 21.5 Å². The van der Waals surface area contributed by atoms with Gasteiger partial charge >= 0.3 is 17.8 Å². The number of nitrogens with zero attached hydrogens (tertiary/aromatic N) is 1. The van der Waals surface area contributed by atoms with E-state index in [1.807, 2.05) is 11.6 Å². The molecule has 1 saturated heterocycles. The lowest BCUT2D eigenvalue weighted by atomic mass is 10.1. The molecule has 0 saturated carbocycles. The Labute approximate surface area is 204 Å². The zero-order chi connectivity index (χ0) is 24.9. The number of thioether (sulfide) groups is 1. The van der Waals surface area contributed by atoms with Crippen LogP contribution in [0, 0.1) is 5.82 Å². The molecular weight excluding hydrogens is 473 g/mol. The van der Waals surface area contributed by atoms with Crippen LogP contribution in [-0.2, 0) is 22.7 Å². The molecule has 10 heteroatoms. The van der Waals surface area contributed by atoms with Crippen LogP contribution in [0.5, 0.6) is 11.5 Å². The molecule has 178 valence electrons. The molecule has 0 unspecified atom stereocenters. The average Bonchev–Trinajstić information content (AvgIpc) is 3.10. The minimum Gasteiger partial charge on any atom is -0.457 e. The number of amides is 5. The van der Waals surface area contributed by atoms with Gasteiger partial charge in [0.25, 0.3) is 5.91 Å². The summed E-state index contributed by atoms with van der Waals surface area (Å²) in [6.07, 6.45) is 1.84. The van der Waals surface area contributed by atoms with Gasteiger partial charge in [-0.2, -0.15) is 0 Å². The number of hydrogen-bond acceptors (Lipinski definition) is 6. The molecule has 0 spiro atoms. The molecular formula is C25H20FN3O5S. The number of carbonyl (C=O) groups is 4. The molecule has 1 heterocycles. The highest BCUT2D eigenvalue weighted by Crippen LogP contribution is 2.24. The maximum atomic E-state index is 13.0. The molecule has 1 aliphatic heterocycles. The molecule has 2 N–H and O–H groups in total. The average molecular weight is 494 g/mol. The number of halogens is 1. The molecule has 0 bridgehead atoms. The Bertz CT molecular complexity index is 1300. The lowest BCUT2D eigenvalue weighted by Crippen LogP contribution is -2.30. The number of rotatable bonds is 8. The van der Waals surface area contributed by atoms with Crippen LogP contribution in [0.25, 0.3) is 0 Å². The minimum absolute atomic E-state index is 0.124. The van der Waals surface area contributed by atoms with Gasteiger partial charge in [0.05, 0.1) is 12.1 Å². The Kier molecular flexibility index (Phi) is 7.11. The first-order chi connectivity index (χ1) is 16.8. The Morgan fingerprint density at radius 3 is 2.20 bits per heavy atom. The summed E-state index contributed by atoms with van der Waals surface area (Å²) in [7, 11) is 0. The van der Waals surface area contributed by atoms with Crippen molar-refractivity contribution >= 4 is 35.5 Å². The number of benzene rings is 3. The highest BCUT2D eigenvalue weighted by atomic mass is 32.2. The van der Waals surface area contributed by atoms with E-state index in [4.69, 9.17) is 4.74 Å². The molecule has 4 rings (SSSR count). The van der Waals surface area contributed by atoms with Gasteiger partial charge in [-0.3, -0.25) is 24.6 Å². The third-order valence-electron chi connectivity index (χ3n) is 5.18. The smallest absolute Gasteiger partial charge is 0.331 e. The number of hydrogen-bond donors (Lipinski definition) is 2. The molecule has 0 aromatic heterocycles. The highest BCUT2D eigenvalue weighted by Gasteiger charge is 2.36. The van der Waals surface area contributed by atoms with E-state index in [2.05, 4.69) is 5.32 Å². The molecule has 35 heavy (non-hydrogen) atoms. The van der Waals surface area contributed by atoms with E-state index in [-0.39, 0.29) is 24.8 Å². The largest absolute Gasteiger partial charge is 0.457 e. The maximum absolute atomic E-state index is 13.0. The first kappa shape index (κ1) is 24.0. The standard InChI is InChI=1S/C25H20FN3O5S/c1-35-21-11-4-16(14-29-24(32)23(31)28-25(29)33)12-20(21)22(30)27-13-15-2-7-18(8-3-15)34-19-9-5-17(26)6-10-19/h2-12H,13-14H2,1H3,(H,27,30)(H,28,31,33). The van der Waals surface area contributed by atoms with Crippen LogP contribution >= 0.6 is 11.8 Å². The molecule has 0 atom stereocenters. The first-order valence-electron chi connectivity index (χ1n) is 10.5. The van der Waals surface area contributed by atoms with Gasteiger partial charge in [0.2, 0.25) is 0 Å². The Morgan fingerprint density at radius 1 is 0.971 bits per heavy atom. The molecule has 8 nitrogen and oxygen atoms in total. The van der Waals surface area contributed by atoms with E-state index in [0.717, 1.165) is 15.4 Å². The fourth-order valence-corrected chi connectivity index (χ4v) is 3.96. The predicted octanol–water partition coefficient (Wildman–Crippen LogP) is 3.85. The van der Waals surface area contributed by atoms with Crippen LogP contribution in [0.15, 0.2) is 71.6 Å². The summed E-state index contributed by atoms with van der Waals surface area (Å²) in [5, 5.41) is 4.81. The van der Waals surface area contributed by atoms with Crippen molar-refractivity contribution in [1.82, 2.24) is 15.5 Å². The van der Waals surface area contributed by atoms with Crippen molar-refractivity contribution in [3.05, 3.63) is 89.2 Å². The Balaban J connectivity index is 1.40. The Morgan fingerprint density at radius 2 is 1.60 bits per heavy atom. The van der Waals surface area contributed by atoms with Crippen LogP contribution < -0.4 is 15.4 Å². The van der Waals surface area contributed by atoms with Crippen LogP contribution in [0.4, 0.5) is 9.18 Å². The number of ether oxygens (including phenoxy) is 1. The summed E-state index contributed by atoms with van der Waals surface area (Å²) in [5.74, 6) is -1.48. The predicted molar refractivity (Wildman–Crippen MR) is 126 cm³/mol. The second kappa shape index (κ2) is 10.4. The molecule has 5 amide bonds. The van der Waals surface area contributed by atoms with Crippen LogP contribution in [-0.4, -0.2) is 34.9 Å². The zero-order valence-electron chi connectivity index (χ0n) is 18.5. The SMILES string of the molecule is CSc1ccc(CN2C(=O)NC(=O)C2=O)cc1C(=O)NCc1ccc(Oc2ccc(F)cc2)cc1. The lowest BCUT2D eigenvalue weighted by molar-refractivity contribution is -0.140. The topological polar surface area (TPSA) is 105 Å². The van der Waals surface area contributed by atoms with Gasteiger partial charge in [-0.05, 0) is 65.9 Å². The Hall–Kier alpha value is -4.18. The fraction of sp³-hybridized carbons (Fsp3) is 0.120. The molecule has 0 radical (unpaired) electrons. The van der Waals surface area contributed by atoms with E-state index < -0.39 is 17.8 Å². The van der Waals surface area contributed by atoms with Crippen molar-refractivity contribution in [1.29, 1.82) is 0 Å². The molecule has 3 aromatic carbocycles. The van der Waals surface area contributed by atoms with E-state index in [0.29, 0.717) is 22.6 Å². The van der Waals surface area contributed by atoms with Crippen molar-refractivity contribution in [3.63, 3.8) is 0 Å². The van der Waals surface area contributed by atoms with Crippen molar-refractivity contribution in [2.24, 2.45) is 0 Å². The number of carbonyl (C=O) groups excluding carboxylic acids is 4. The molecule has 3 aromatic rings. The summed E-state index contributed by atoms with van der Waals surface area (Å²) in [5.41, 5.74) is 1.77. The second-order valence-electron chi connectivity index (χ2n) is 7.57. The van der Waals surface area contributed by atoms with Crippen molar-refractivity contribution in [3.8, 4) is 11.5 Å². The monoisotopic (exact) mass is 493 g/mol. The molecule has 1 aliphatic rings.